The van der Waals surface area contributed by atoms with Gasteiger partial charge in [-0.05, 0) is 60.8 Å². The number of rotatable bonds is 6. The second kappa shape index (κ2) is 8.81. The summed E-state index contributed by atoms with van der Waals surface area (Å²) in [5, 5.41) is 2.10. The lowest BCUT2D eigenvalue weighted by molar-refractivity contribution is 0.0712. The molecule has 0 saturated heterocycles. The number of carbonyl (C=O) groups is 2. The largest absolute Gasteiger partial charge is 0.512 e. The van der Waals surface area contributed by atoms with E-state index in [9.17, 15) is 9.59 Å². The molecule has 0 N–H and O–H groups in total. The van der Waals surface area contributed by atoms with Crippen LogP contribution in [0.3, 0.4) is 0 Å². The fraction of sp³-hybridized carbons (Fsp3) is 0.167. The molecule has 6 heteroatoms. The lowest BCUT2D eigenvalue weighted by atomic mass is 10.1. The van der Waals surface area contributed by atoms with Crippen LogP contribution in [0.5, 0.6) is 0 Å². The van der Waals surface area contributed by atoms with Gasteiger partial charge in [0, 0.05) is 0 Å². The quantitative estimate of drug-likeness (QED) is 0.545. The maximum atomic E-state index is 12.6. The third-order valence-corrected chi connectivity index (χ3v) is 9.83. The summed E-state index contributed by atoms with van der Waals surface area (Å²) in [6, 6.07) is 26.1. The van der Waals surface area contributed by atoms with E-state index in [1.165, 1.54) is 0 Å². The zero-order valence-electron chi connectivity index (χ0n) is 17.7. The van der Waals surface area contributed by atoms with Gasteiger partial charge in [-0.25, -0.2) is 9.59 Å². The van der Waals surface area contributed by atoms with Gasteiger partial charge in [0.15, 0.2) is 0 Å². The van der Waals surface area contributed by atoms with Gasteiger partial charge in [0.05, 0.1) is 11.1 Å². The number of benzene rings is 3. The molecule has 0 bridgehead atoms. The van der Waals surface area contributed by atoms with Crippen LogP contribution in [0.15, 0.2) is 84.9 Å². The molecular formula is C24H26O4Si2. The van der Waals surface area contributed by atoms with E-state index in [1.807, 2.05) is 86.9 Å². The van der Waals surface area contributed by atoms with Crippen LogP contribution in [0.4, 0.5) is 0 Å². The van der Waals surface area contributed by atoms with Crippen LogP contribution in [0.25, 0.3) is 0 Å². The molecule has 0 aromatic heterocycles. The highest BCUT2D eigenvalue weighted by Gasteiger charge is 2.31. The summed E-state index contributed by atoms with van der Waals surface area (Å²) >= 11 is 0. The van der Waals surface area contributed by atoms with E-state index in [2.05, 4.69) is 0 Å². The van der Waals surface area contributed by atoms with E-state index < -0.39 is 16.6 Å². The monoisotopic (exact) mass is 434 g/mol. The summed E-state index contributed by atoms with van der Waals surface area (Å²) in [5.74, 6) is -0.760. The Morgan fingerprint density at radius 2 is 0.833 bits per heavy atom. The average molecular weight is 435 g/mol. The van der Waals surface area contributed by atoms with Crippen molar-refractivity contribution in [1.82, 2.24) is 0 Å². The fourth-order valence-electron chi connectivity index (χ4n) is 3.12. The van der Waals surface area contributed by atoms with Gasteiger partial charge in [-0.1, -0.05) is 60.7 Å². The molecule has 0 spiro atoms. The van der Waals surface area contributed by atoms with Crippen LogP contribution in [0.1, 0.15) is 20.7 Å². The normalized spacial score (nSPS) is 11.6. The molecule has 0 saturated carbocycles. The Morgan fingerprint density at radius 1 is 0.533 bits per heavy atom. The highest BCUT2D eigenvalue weighted by atomic mass is 28.4. The van der Waals surface area contributed by atoms with Gasteiger partial charge in [-0.3, -0.25) is 0 Å². The Morgan fingerprint density at radius 3 is 1.13 bits per heavy atom. The van der Waals surface area contributed by atoms with E-state index in [0.29, 0.717) is 11.1 Å². The SMILES string of the molecule is C[Si](C)(OC(=O)c1ccc(C(=O)O[Si](C)(C)c2ccccc2)cc1)c1ccccc1. The van der Waals surface area contributed by atoms with Crippen molar-refractivity contribution in [1.29, 1.82) is 0 Å². The molecule has 0 unspecified atom stereocenters. The van der Waals surface area contributed by atoms with Crippen molar-refractivity contribution < 1.29 is 18.4 Å². The first-order chi connectivity index (χ1) is 14.2. The molecule has 0 aliphatic carbocycles. The van der Waals surface area contributed by atoms with Crippen LogP contribution in [-0.2, 0) is 8.85 Å². The third kappa shape index (κ3) is 5.14. The minimum Gasteiger partial charge on any atom is -0.512 e. The number of hydrogen-bond acceptors (Lipinski definition) is 4. The van der Waals surface area contributed by atoms with E-state index in [0.717, 1.165) is 10.4 Å². The number of carbonyl (C=O) groups excluding carboxylic acids is 2. The molecule has 0 fully saturated rings. The van der Waals surface area contributed by atoms with Crippen LogP contribution >= 0.6 is 0 Å². The Hall–Kier alpha value is -2.97. The second-order valence-corrected chi connectivity index (χ2v) is 15.7. The topological polar surface area (TPSA) is 52.6 Å². The second-order valence-electron chi connectivity index (χ2n) is 8.11. The van der Waals surface area contributed by atoms with Crippen molar-refractivity contribution in [3.05, 3.63) is 96.1 Å². The zero-order valence-corrected chi connectivity index (χ0v) is 19.7. The van der Waals surface area contributed by atoms with Crippen molar-refractivity contribution in [2.75, 3.05) is 0 Å². The van der Waals surface area contributed by atoms with Crippen molar-refractivity contribution >= 4 is 38.9 Å². The zero-order chi connectivity index (χ0) is 21.8. The van der Waals surface area contributed by atoms with Crippen LogP contribution < -0.4 is 10.4 Å². The summed E-state index contributed by atoms with van der Waals surface area (Å²) in [6.07, 6.45) is 0. The lowest BCUT2D eigenvalue weighted by Crippen LogP contribution is -2.46. The van der Waals surface area contributed by atoms with Gasteiger partial charge < -0.3 is 8.85 Å². The third-order valence-electron chi connectivity index (χ3n) is 4.99. The molecule has 0 radical (unpaired) electrons. The molecule has 0 aliphatic rings. The molecule has 4 nitrogen and oxygen atoms in total. The van der Waals surface area contributed by atoms with Gasteiger partial charge in [0.25, 0.3) is 16.6 Å². The summed E-state index contributed by atoms with van der Waals surface area (Å²) in [5.41, 5.74) is 0.838. The van der Waals surface area contributed by atoms with Crippen molar-refractivity contribution in [2.45, 2.75) is 26.2 Å². The van der Waals surface area contributed by atoms with Gasteiger partial charge in [0.2, 0.25) is 0 Å². The van der Waals surface area contributed by atoms with Gasteiger partial charge in [-0.15, -0.1) is 0 Å². The van der Waals surface area contributed by atoms with E-state index in [-0.39, 0.29) is 11.9 Å². The Kier molecular flexibility index (Phi) is 6.38. The Balaban J connectivity index is 1.68. The Labute approximate surface area is 179 Å². The predicted molar refractivity (Wildman–Crippen MR) is 124 cm³/mol. The van der Waals surface area contributed by atoms with Crippen molar-refractivity contribution in [3.63, 3.8) is 0 Å². The Bertz CT molecular complexity index is 930. The fourth-order valence-corrected chi connectivity index (χ4v) is 6.51. The lowest BCUT2D eigenvalue weighted by Gasteiger charge is -2.24. The summed E-state index contributed by atoms with van der Waals surface area (Å²) in [7, 11) is -4.73. The van der Waals surface area contributed by atoms with E-state index in [1.54, 1.807) is 24.3 Å². The average Bonchev–Trinajstić information content (AvgIpc) is 2.74. The first kappa shape index (κ1) is 21.7. The van der Waals surface area contributed by atoms with E-state index >= 15 is 0 Å². The van der Waals surface area contributed by atoms with Crippen LogP contribution in [-0.4, -0.2) is 28.6 Å². The van der Waals surface area contributed by atoms with Gasteiger partial charge >= 0.3 is 11.9 Å². The number of hydrogen-bond donors (Lipinski definition) is 0. The van der Waals surface area contributed by atoms with Gasteiger partial charge in [-0.2, -0.15) is 0 Å². The highest BCUT2D eigenvalue weighted by Crippen LogP contribution is 2.14. The van der Waals surface area contributed by atoms with E-state index in [4.69, 9.17) is 8.85 Å². The first-order valence-electron chi connectivity index (χ1n) is 9.87. The maximum Gasteiger partial charge on any atom is 0.325 e. The molecular weight excluding hydrogens is 408 g/mol. The molecule has 154 valence electrons. The van der Waals surface area contributed by atoms with Crippen molar-refractivity contribution in [2.24, 2.45) is 0 Å². The minimum absolute atomic E-state index is 0.380. The summed E-state index contributed by atoms with van der Waals surface area (Å²) < 4.78 is 11.7. The highest BCUT2D eigenvalue weighted by molar-refractivity contribution is 6.86. The molecule has 0 amide bonds. The molecule has 3 rings (SSSR count). The van der Waals surface area contributed by atoms with Crippen molar-refractivity contribution in [3.8, 4) is 0 Å². The molecule has 0 heterocycles. The molecule has 3 aromatic carbocycles. The van der Waals surface area contributed by atoms with Gasteiger partial charge in [0.1, 0.15) is 0 Å². The first-order valence-corrected chi connectivity index (χ1v) is 15.7. The smallest absolute Gasteiger partial charge is 0.325 e. The summed E-state index contributed by atoms with van der Waals surface area (Å²) in [6.45, 7) is 7.95. The standard InChI is InChI=1S/C24H26O4Si2/c1-29(2,21-11-7-5-8-12-21)27-23(25)19-15-17-20(18-16-19)24(26)28-30(3,4)22-13-9-6-10-14-22/h5-18H,1-4H3. The van der Waals surface area contributed by atoms with Crippen LogP contribution in [0.2, 0.25) is 26.2 Å². The molecule has 0 aliphatic heterocycles. The minimum atomic E-state index is -2.37. The maximum absolute atomic E-state index is 12.6. The predicted octanol–water partition coefficient (Wildman–Crippen LogP) is 4.22. The molecule has 0 atom stereocenters. The van der Waals surface area contributed by atoms with Crippen LogP contribution in [0, 0.1) is 0 Å². The molecule has 30 heavy (non-hydrogen) atoms. The summed E-state index contributed by atoms with van der Waals surface area (Å²) in [4.78, 5) is 25.3. The molecule has 3 aromatic rings.